The van der Waals surface area contributed by atoms with Gasteiger partial charge in [-0.05, 0) is 19.1 Å². The van der Waals surface area contributed by atoms with E-state index in [1.165, 1.54) is 42.5 Å². The van der Waals surface area contributed by atoms with E-state index in [4.69, 9.17) is 4.74 Å². The first kappa shape index (κ1) is 15.2. The van der Waals surface area contributed by atoms with Gasteiger partial charge in [0.05, 0.1) is 11.3 Å². The molecule has 1 aliphatic heterocycles. The number of aromatic nitrogens is 1. The van der Waals surface area contributed by atoms with E-state index in [1.54, 1.807) is 10.3 Å². The third-order valence-corrected chi connectivity index (χ3v) is 4.25. The zero-order valence-electron chi connectivity index (χ0n) is 12.6. The molecule has 7 heteroatoms. The van der Waals surface area contributed by atoms with Crippen LogP contribution in [0.15, 0.2) is 29.3 Å². The average Bonchev–Trinajstić information content (AvgIpc) is 3.06. The van der Waals surface area contributed by atoms with Gasteiger partial charge in [-0.1, -0.05) is 0 Å². The predicted octanol–water partition coefficient (Wildman–Crippen LogP) is 2.84. The number of phenolic OH excluding ortho intramolecular Hbond substituents is 1. The highest BCUT2D eigenvalue weighted by Crippen LogP contribution is 2.34. The number of phenols is 1. The maximum Gasteiger partial charge on any atom is 0.232 e. The maximum atomic E-state index is 12.3. The van der Waals surface area contributed by atoms with Crippen molar-refractivity contribution in [3.8, 4) is 11.5 Å². The highest BCUT2D eigenvalue weighted by molar-refractivity contribution is 7.14. The SMILES string of the molecule is CCN(C(C)=O)c1nc(/C=C2/Oc3cc(O)ccc3C2=O)cs1. The molecule has 0 unspecified atom stereocenters. The number of hydrogen-bond acceptors (Lipinski definition) is 6. The van der Waals surface area contributed by atoms with Crippen LogP contribution in [0.5, 0.6) is 11.5 Å². The van der Waals surface area contributed by atoms with Gasteiger partial charge in [0.1, 0.15) is 11.5 Å². The minimum absolute atomic E-state index is 0.0359. The fourth-order valence-electron chi connectivity index (χ4n) is 2.27. The molecule has 1 aromatic carbocycles. The number of Topliss-reactive ketones (excluding diaryl/α,β-unsaturated/α-hetero) is 1. The summed E-state index contributed by atoms with van der Waals surface area (Å²) >= 11 is 1.32. The summed E-state index contributed by atoms with van der Waals surface area (Å²) < 4.78 is 5.48. The Morgan fingerprint density at radius 3 is 2.96 bits per heavy atom. The molecule has 0 spiro atoms. The van der Waals surface area contributed by atoms with Crippen LogP contribution in [0.2, 0.25) is 0 Å². The third kappa shape index (κ3) is 2.83. The number of ether oxygens (including phenoxy) is 1. The first-order valence-electron chi connectivity index (χ1n) is 7.00. The molecule has 1 amide bonds. The summed E-state index contributed by atoms with van der Waals surface area (Å²) in [6, 6.07) is 4.36. The second kappa shape index (κ2) is 5.85. The van der Waals surface area contributed by atoms with Gasteiger partial charge >= 0.3 is 0 Å². The average molecular weight is 330 g/mol. The molecule has 6 nitrogen and oxygen atoms in total. The van der Waals surface area contributed by atoms with Crippen molar-refractivity contribution in [3.05, 3.63) is 40.6 Å². The van der Waals surface area contributed by atoms with Crippen LogP contribution >= 0.6 is 11.3 Å². The molecule has 0 saturated heterocycles. The first-order chi connectivity index (χ1) is 11.0. The summed E-state index contributed by atoms with van der Waals surface area (Å²) in [6.07, 6.45) is 1.54. The van der Waals surface area contributed by atoms with Crippen molar-refractivity contribution in [1.82, 2.24) is 4.98 Å². The van der Waals surface area contributed by atoms with Crippen molar-refractivity contribution < 1.29 is 19.4 Å². The van der Waals surface area contributed by atoms with Gasteiger partial charge in [-0.3, -0.25) is 14.5 Å². The monoisotopic (exact) mass is 330 g/mol. The lowest BCUT2D eigenvalue weighted by atomic mass is 10.1. The molecular formula is C16H14N2O4S. The number of nitrogens with zero attached hydrogens (tertiary/aromatic N) is 2. The van der Waals surface area contributed by atoms with Crippen molar-refractivity contribution in [2.75, 3.05) is 11.4 Å². The van der Waals surface area contributed by atoms with Crippen LogP contribution in [-0.2, 0) is 4.79 Å². The van der Waals surface area contributed by atoms with Crippen LogP contribution in [0.25, 0.3) is 6.08 Å². The molecule has 2 aromatic rings. The summed E-state index contributed by atoms with van der Waals surface area (Å²) in [5, 5.41) is 11.8. The van der Waals surface area contributed by atoms with E-state index in [0.29, 0.717) is 28.7 Å². The third-order valence-electron chi connectivity index (χ3n) is 3.37. The normalized spacial score (nSPS) is 14.7. The second-order valence-corrected chi connectivity index (χ2v) is 5.78. The van der Waals surface area contributed by atoms with Crippen LogP contribution < -0.4 is 9.64 Å². The topological polar surface area (TPSA) is 79.7 Å². The molecule has 0 atom stereocenters. The van der Waals surface area contributed by atoms with Crippen molar-refractivity contribution >= 4 is 34.2 Å². The van der Waals surface area contributed by atoms with Gasteiger partial charge in [-0.15, -0.1) is 11.3 Å². The van der Waals surface area contributed by atoms with Gasteiger partial charge < -0.3 is 9.84 Å². The van der Waals surface area contributed by atoms with E-state index in [1.807, 2.05) is 6.92 Å². The number of rotatable bonds is 3. The summed E-state index contributed by atoms with van der Waals surface area (Å²) in [5.74, 6) is 0.170. The molecule has 0 saturated carbocycles. The van der Waals surface area contributed by atoms with E-state index in [0.717, 1.165) is 0 Å². The first-order valence-corrected chi connectivity index (χ1v) is 7.88. The summed E-state index contributed by atoms with van der Waals surface area (Å²) in [7, 11) is 0. The second-order valence-electron chi connectivity index (χ2n) is 4.94. The molecule has 1 N–H and O–H groups in total. The molecule has 23 heavy (non-hydrogen) atoms. The number of hydrogen-bond donors (Lipinski definition) is 1. The summed E-state index contributed by atoms with van der Waals surface area (Å²) in [5.41, 5.74) is 0.952. The number of allylic oxidation sites excluding steroid dienone is 1. The molecule has 0 radical (unpaired) electrons. The minimum Gasteiger partial charge on any atom is -0.508 e. The van der Waals surface area contributed by atoms with Gasteiger partial charge in [0.2, 0.25) is 11.7 Å². The van der Waals surface area contributed by atoms with Crippen LogP contribution in [0.1, 0.15) is 29.9 Å². The predicted molar refractivity (Wildman–Crippen MR) is 86.9 cm³/mol. The molecule has 0 aliphatic carbocycles. The fraction of sp³-hybridized carbons (Fsp3) is 0.188. The van der Waals surface area contributed by atoms with E-state index >= 15 is 0 Å². The lowest BCUT2D eigenvalue weighted by Crippen LogP contribution is -2.27. The Hall–Kier alpha value is -2.67. The number of ketones is 1. The molecule has 118 valence electrons. The van der Waals surface area contributed by atoms with Crippen molar-refractivity contribution in [2.24, 2.45) is 0 Å². The Labute approximate surface area is 136 Å². The van der Waals surface area contributed by atoms with Gasteiger partial charge in [0.25, 0.3) is 0 Å². The number of anilines is 1. The van der Waals surface area contributed by atoms with Crippen molar-refractivity contribution in [3.63, 3.8) is 0 Å². The maximum absolute atomic E-state index is 12.3. The molecule has 1 aromatic heterocycles. The number of amides is 1. The smallest absolute Gasteiger partial charge is 0.232 e. The van der Waals surface area contributed by atoms with Crippen LogP contribution in [0.3, 0.4) is 0 Å². The minimum atomic E-state index is -0.256. The van der Waals surface area contributed by atoms with Gasteiger partial charge in [0.15, 0.2) is 10.9 Å². The zero-order valence-corrected chi connectivity index (χ0v) is 13.4. The number of benzene rings is 1. The number of fused-ring (bicyclic) bond motifs is 1. The highest BCUT2D eigenvalue weighted by Gasteiger charge is 2.28. The fourth-order valence-corrected chi connectivity index (χ4v) is 3.16. The van der Waals surface area contributed by atoms with Gasteiger partial charge in [-0.2, -0.15) is 0 Å². The Balaban J connectivity index is 1.88. The molecule has 3 rings (SSSR count). The van der Waals surface area contributed by atoms with Crippen molar-refractivity contribution in [2.45, 2.75) is 13.8 Å². The number of thiazole rings is 1. The van der Waals surface area contributed by atoms with Crippen LogP contribution in [-0.4, -0.2) is 28.3 Å². The van der Waals surface area contributed by atoms with E-state index in [9.17, 15) is 14.7 Å². The van der Waals surface area contributed by atoms with Crippen molar-refractivity contribution in [1.29, 1.82) is 0 Å². The number of carbonyl (C=O) groups excluding carboxylic acids is 2. The highest BCUT2D eigenvalue weighted by atomic mass is 32.1. The Morgan fingerprint density at radius 1 is 1.48 bits per heavy atom. The molecule has 2 heterocycles. The lowest BCUT2D eigenvalue weighted by Gasteiger charge is -2.14. The molecule has 1 aliphatic rings. The van der Waals surface area contributed by atoms with Crippen LogP contribution in [0.4, 0.5) is 5.13 Å². The summed E-state index contributed by atoms with van der Waals surface area (Å²) in [4.78, 5) is 29.7. The van der Waals surface area contributed by atoms with E-state index in [-0.39, 0.29) is 23.2 Å². The Morgan fingerprint density at radius 2 is 2.26 bits per heavy atom. The Kier molecular flexibility index (Phi) is 3.87. The zero-order chi connectivity index (χ0) is 16.6. The molecule has 0 bridgehead atoms. The number of carbonyl (C=O) groups is 2. The molecular weight excluding hydrogens is 316 g/mol. The van der Waals surface area contributed by atoms with Crippen LogP contribution in [0, 0.1) is 0 Å². The van der Waals surface area contributed by atoms with E-state index in [2.05, 4.69) is 4.98 Å². The Bertz CT molecular complexity index is 825. The lowest BCUT2D eigenvalue weighted by molar-refractivity contribution is -0.116. The largest absolute Gasteiger partial charge is 0.508 e. The van der Waals surface area contributed by atoms with Gasteiger partial charge in [-0.25, -0.2) is 4.98 Å². The standard InChI is InChI=1S/C16H14N2O4S/c1-3-18(9(2)19)16-17-10(8-23-16)6-14-15(21)12-5-4-11(20)7-13(12)22-14/h4-8,20H,3H2,1-2H3/b14-6+. The molecule has 0 fully saturated rings. The summed E-state index contributed by atoms with van der Waals surface area (Å²) in [6.45, 7) is 3.88. The number of aromatic hydroxyl groups is 1. The van der Waals surface area contributed by atoms with Gasteiger partial charge in [0, 0.05) is 31.0 Å². The van der Waals surface area contributed by atoms with E-state index < -0.39 is 0 Å². The quantitative estimate of drug-likeness (QED) is 0.875.